The number of hydrogen-bond donors (Lipinski definition) is 2. The second-order valence-electron chi connectivity index (χ2n) is 4.20. The van der Waals surface area contributed by atoms with Gasteiger partial charge in [0.05, 0.1) is 11.9 Å². The molecule has 2 N–H and O–H groups in total. The minimum absolute atomic E-state index is 0.355. The number of nitrogens with one attached hydrogen (secondary N) is 2. The fourth-order valence-electron chi connectivity index (χ4n) is 1.40. The first-order valence-electron chi connectivity index (χ1n) is 5.13. The number of benzene rings is 1. The van der Waals surface area contributed by atoms with Gasteiger partial charge >= 0.3 is 0 Å². The third kappa shape index (κ3) is 4.10. The average Bonchev–Trinajstić information content (AvgIpc) is 2.06. The summed E-state index contributed by atoms with van der Waals surface area (Å²) in [7, 11) is -3.21. The van der Waals surface area contributed by atoms with Crippen LogP contribution in [0.3, 0.4) is 0 Å². The Hall–Kier alpha value is -1.23. The molecule has 0 saturated heterocycles. The lowest BCUT2D eigenvalue weighted by Gasteiger charge is -2.13. The Morgan fingerprint density at radius 1 is 1.25 bits per heavy atom. The highest BCUT2D eigenvalue weighted by molar-refractivity contribution is 7.92. The highest BCUT2D eigenvalue weighted by Gasteiger charge is 2.05. The summed E-state index contributed by atoms with van der Waals surface area (Å²) in [6.07, 6.45) is 1.15. The number of anilines is 2. The van der Waals surface area contributed by atoms with Crippen molar-refractivity contribution in [2.24, 2.45) is 0 Å². The fraction of sp³-hybridized carbons (Fsp3) is 0.455. The Kier molecular flexibility index (Phi) is 3.80. The van der Waals surface area contributed by atoms with Gasteiger partial charge in [-0.05, 0) is 44.5 Å². The average molecular weight is 242 g/mol. The van der Waals surface area contributed by atoms with Crippen LogP contribution < -0.4 is 10.0 Å². The van der Waals surface area contributed by atoms with Crippen molar-refractivity contribution in [1.82, 2.24) is 0 Å². The molecule has 0 aromatic heterocycles. The molecule has 0 aliphatic rings. The minimum atomic E-state index is -3.21. The molecule has 0 fully saturated rings. The Morgan fingerprint density at radius 2 is 1.88 bits per heavy atom. The van der Waals surface area contributed by atoms with E-state index in [1.807, 2.05) is 19.1 Å². The van der Waals surface area contributed by atoms with Crippen molar-refractivity contribution in [2.75, 3.05) is 16.3 Å². The van der Waals surface area contributed by atoms with Gasteiger partial charge in [-0.3, -0.25) is 4.72 Å². The zero-order valence-electron chi connectivity index (χ0n) is 10.0. The molecule has 0 amide bonds. The van der Waals surface area contributed by atoms with Crippen LogP contribution in [-0.2, 0) is 10.0 Å². The lowest BCUT2D eigenvalue weighted by molar-refractivity contribution is 0.607. The molecule has 0 heterocycles. The Bertz CT molecular complexity index is 467. The van der Waals surface area contributed by atoms with Crippen LogP contribution >= 0.6 is 0 Å². The summed E-state index contributed by atoms with van der Waals surface area (Å²) >= 11 is 0. The van der Waals surface area contributed by atoms with Crippen molar-refractivity contribution >= 4 is 21.4 Å². The van der Waals surface area contributed by atoms with Crippen molar-refractivity contribution in [1.29, 1.82) is 0 Å². The number of rotatable bonds is 4. The highest BCUT2D eigenvalue weighted by atomic mass is 32.2. The van der Waals surface area contributed by atoms with Gasteiger partial charge in [-0.1, -0.05) is 0 Å². The van der Waals surface area contributed by atoms with Crippen LogP contribution in [0.2, 0.25) is 0 Å². The largest absolute Gasteiger partial charge is 0.383 e. The minimum Gasteiger partial charge on any atom is -0.383 e. The Labute approximate surface area is 97.1 Å². The van der Waals surface area contributed by atoms with E-state index >= 15 is 0 Å². The quantitative estimate of drug-likeness (QED) is 0.851. The van der Waals surface area contributed by atoms with E-state index < -0.39 is 10.0 Å². The molecular formula is C11H18N2O2S. The lowest BCUT2D eigenvalue weighted by atomic mass is 10.2. The summed E-state index contributed by atoms with van der Waals surface area (Å²) in [5.41, 5.74) is 2.51. The summed E-state index contributed by atoms with van der Waals surface area (Å²) in [4.78, 5) is 0. The van der Waals surface area contributed by atoms with E-state index in [2.05, 4.69) is 23.9 Å². The molecule has 4 nitrogen and oxygen atoms in total. The zero-order valence-corrected chi connectivity index (χ0v) is 10.9. The number of hydrogen-bond acceptors (Lipinski definition) is 3. The SMILES string of the molecule is Cc1cc(NC(C)C)ccc1NS(C)(=O)=O. The molecule has 0 aliphatic heterocycles. The van der Waals surface area contributed by atoms with Crippen LogP contribution in [0.4, 0.5) is 11.4 Å². The topological polar surface area (TPSA) is 58.2 Å². The summed E-state index contributed by atoms with van der Waals surface area (Å²) in [5.74, 6) is 0. The van der Waals surface area contributed by atoms with E-state index in [4.69, 9.17) is 0 Å². The standard InChI is InChI=1S/C11H18N2O2S/c1-8(2)12-10-5-6-11(9(3)7-10)13-16(4,14)15/h5-8,12-13H,1-4H3. The van der Waals surface area contributed by atoms with Crippen LogP contribution in [0.25, 0.3) is 0 Å². The molecule has 5 heteroatoms. The van der Waals surface area contributed by atoms with Gasteiger partial charge < -0.3 is 5.32 Å². The molecule has 0 radical (unpaired) electrons. The van der Waals surface area contributed by atoms with Gasteiger partial charge in [0.15, 0.2) is 0 Å². The lowest BCUT2D eigenvalue weighted by Crippen LogP contribution is -2.12. The van der Waals surface area contributed by atoms with Crippen molar-refractivity contribution < 1.29 is 8.42 Å². The third-order valence-corrected chi connectivity index (χ3v) is 2.57. The fourth-order valence-corrected chi connectivity index (χ4v) is 2.03. The van der Waals surface area contributed by atoms with Gasteiger partial charge in [0, 0.05) is 11.7 Å². The van der Waals surface area contributed by atoms with Crippen LogP contribution in [-0.4, -0.2) is 20.7 Å². The van der Waals surface area contributed by atoms with E-state index in [1.54, 1.807) is 6.07 Å². The van der Waals surface area contributed by atoms with Gasteiger partial charge in [-0.25, -0.2) is 8.42 Å². The maximum absolute atomic E-state index is 11.1. The molecule has 0 spiro atoms. The molecule has 1 aromatic carbocycles. The van der Waals surface area contributed by atoms with Gasteiger partial charge in [0.25, 0.3) is 0 Å². The van der Waals surface area contributed by atoms with E-state index in [9.17, 15) is 8.42 Å². The first-order valence-corrected chi connectivity index (χ1v) is 7.02. The van der Waals surface area contributed by atoms with Crippen molar-refractivity contribution in [2.45, 2.75) is 26.8 Å². The first kappa shape index (κ1) is 12.8. The van der Waals surface area contributed by atoms with Crippen molar-refractivity contribution in [3.63, 3.8) is 0 Å². The normalized spacial score (nSPS) is 11.6. The summed E-state index contributed by atoms with van der Waals surface area (Å²) in [6, 6.07) is 5.91. The molecule has 16 heavy (non-hydrogen) atoms. The molecular weight excluding hydrogens is 224 g/mol. The van der Waals surface area contributed by atoms with Crippen molar-refractivity contribution in [3.8, 4) is 0 Å². The first-order chi connectivity index (χ1) is 7.28. The predicted molar refractivity (Wildman–Crippen MR) is 68.4 cm³/mol. The summed E-state index contributed by atoms with van der Waals surface area (Å²) < 4.78 is 24.7. The molecule has 90 valence electrons. The Balaban J connectivity index is 2.92. The molecule has 1 rings (SSSR count). The Morgan fingerprint density at radius 3 is 2.31 bits per heavy atom. The number of aryl methyl sites for hydroxylation is 1. The molecule has 0 bridgehead atoms. The van der Waals surface area contributed by atoms with E-state index in [1.165, 1.54) is 0 Å². The second kappa shape index (κ2) is 4.74. The molecule has 0 atom stereocenters. The van der Waals surface area contributed by atoms with Crippen LogP contribution in [0.5, 0.6) is 0 Å². The summed E-state index contributed by atoms with van der Waals surface area (Å²) in [5, 5.41) is 3.26. The monoisotopic (exact) mass is 242 g/mol. The third-order valence-electron chi connectivity index (χ3n) is 1.98. The summed E-state index contributed by atoms with van der Waals surface area (Å²) in [6.45, 7) is 5.98. The van der Waals surface area contributed by atoms with Crippen LogP contribution in [0, 0.1) is 6.92 Å². The molecule has 0 saturated carbocycles. The van der Waals surface area contributed by atoms with E-state index in [0.717, 1.165) is 17.5 Å². The van der Waals surface area contributed by atoms with E-state index in [0.29, 0.717) is 11.7 Å². The predicted octanol–water partition coefficient (Wildman–Crippen LogP) is 2.19. The van der Waals surface area contributed by atoms with E-state index in [-0.39, 0.29) is 0 Å². The number of sulfonamides is 1. The van der Waals surface area contributed by atoms with Crippen LogP contribution in [0.15, 0.2) is 18.2 Å². The molecule has 0 unspecified atom stereocenters. The van der Waals surface area contributed by atoms with Crippen LogP contribution in [0.1, 0.15) is 19.4 Å². The second-order valence-corrected chi connectivity index (χ2v) is 5.95. The maximum atomic E-state index is 11.1. The highest BCUT2D eigenvalue weighted by Crippen LogP contribution is 2.20. The zero-order chi connectivity index (χ0) is 12.3. The molecule has 1 aromatic rings. The van der Waals surface area contributed by atoms with Gasteiger partial charge in [-0.15, -0.1) is 0 Å². The van der Waals surface area contributed by atoms with Gasteiger partial charge in [-0.2, -0.15) is 0 Å². The van der Waals surface area contributed by atoms with Gasteiger partial charge in [0.2, 0.25) is 10.0 Å². The smallest absolute Gasteiger partial charge is 0.229 e. The van der Waals surface area contributed by atoms with Crippen molar-refractivity contribution in [3.05, 3.63) is 23.8 Å². The molecule has 0 aliphatic carbocycles. The van der Waals surface area contributed by atoms with Gasteiger partial charge in [0.1, 0.15) is 0 Å². The maximum Gasteiger partial charge on any atom is 0.229 e.